The van der Waals surface area contributed by atoms with Crippen LogP contribution in [0.4, 0.5) is 11.4 Å². The number of nitrogens with one attached hydrogen (secondary N) is 2. The highest BCUT2D eigenvalue weighted by Gasteiger charge is 2.10. The summed E-state index contributed by atoms with van der Waals surface area (Å²) in [5, 5.41) is 7.34. The smallest absolute Gasteiger partial charge is 0.277 e. The van der Waals surface area contributed by atoms with Gasteiger partial charge in [-0.2, -0.15) is 5.10 Å². The zero-order valence-corrected chi connectivity index (χ0v) is 17.6. The van der Waals surface area contributed by atoms with Gasteiger partial charge in [0, 0.05) is 11.4 Å². The molecule has 3 rings (SSSR count). The van der Waals surface area contributed by atoms with E-state index in [2.05, 4.69) is 29.7 Å². The minimum atomic E-state index is -0.301. The van der Waals surface area contributed by atoms with Crippen LogP contribution in [0.5, 0.6) is 5.75 Å². The molecule has 0 fully saturated rings. The lowest BCUT2D eigenvalue weighted by Gasteiger charge is -2.14. The number of anilines is 2. The van der Waals surface area contributed by atoms with Crippen molar-refractivity contribution >= 4 is 23.5 Å². The van der Waals surface area contributed by atoms with Crippen LogP contribution in [0, 0.1) is 6.92 Å². The summed E-state index contributed by atoms with van der Waals surface area (Å²) in [7, 11) is 0. The Morgan fingerprint density at radius 3 is 2.40 bits per heavy atom. The summed E-state index contributed by atoms with van der Waals surface area (Å²) in [5.41, 5.74) is 7.58. The van der Waals surface area contributed by atoms with E-state index in [9.17, 15) is 4.79 Å². The lowest BCUT2D eigenvalue weighted by molar-refractivity contribution is -0.123. The fraction of sp³-hybridized carbons (Fsp3) is 0.200. The number of hydrazone groups is 1. The van der Waals surface area contributed by atoms with E-state index in [4.69, 9.17) is 4.74 Å². The van der Waals surface area contributed by atoms with Crippen molar-refractivity contribution in [3.8, 4) is 5.75 Å². The van der Waals surface area contributed by atoms with Gasteiger partial charge in [-0.1, -0.05) is 56.3 Å². The molecule has 0 spiro atoms. The van der Waals surface area contributed by atoms with Crippen molar-refractivity contribution in [2.45, 2.75) is 26.7 Å². The fourth-order valence-electron chi connectivity index (χ4n) is 2.94. The Morgan fingerprint density at radius 2 is 1.70 bits per heavy atom. The molecular formula is C25H27N3O2. The molecule has 0 bridgehead atoms. The van der Waals surface area contributed by atoms with Gasteiger partial charge in [0.05, 0.1) is 6.21 Å². The van der Waals surface area contributed by atoms with Gasteiger partial charge >= 0.3 is 0 Å². The van der Waals surface area contributed by atoms with Gasteiger partial charge in [-0.15, -0.1) is 0 Å². The summed E-state index contributed by atoms with van der Waals surface area (Å²) >= 11 is 0. The lowest BCUT2D eigenvalue weighted by atomic mass is 10.0. The van der Waals surface area contributed by atoms with Crippen LogP contribution in [0.25, 0.3) is 0 Å². The summed E-state index contributed by atoms with van der Waals surface area (Å²) in [6.45, 7) is 6.12. The molecule has 0 atom stereocenters. The van der Waals surface area contributed by atoms with Crippen LogP contribution >= 0.6 is 0 Å². The summed E-state index contributed by atoms with van der Waals surface area (Å²) in [4.78, 5) is 12.1. The molecular weight excluding hydrogens is 374 g/mol. The molecule has 5 heteroatoms. The maximum absolute atomic E-state index is 12.1. The van der Waals surface area contributed by atoms with E-state index in [0.717, 1.165) is 33.8 Å². The van der Waals surface area contributed by atoms with E-state index in [1.165, 1.54) is 0 Å². The van der Waals surface area contributed by atoms with Gasteiger partial charge in [0.1, 0.15) is 5.75 Å². The quantitative estimate of drug-likeness (QED) is 0.393. The van der Waals surface area contributed by atoms with Crippen LogP contribution in [-0.2, 0) is 4.79 Å². The molecule has 5 nitrogen and oxygen atoms in total. The van der Waals surface area contributed by atoms with Crippen molar-refractivity contribution in [3.63, 3.8) is 0 Å². The van der Waals surface area contributed by atoms with Crippen molar-refractivity contribution in [1.29, 1.82) is 0 Å². The SMILES string of the molecule is Cc1ccc(C(C)C)c(OCC(=O)N/N=C\c2ccc(Nc3ccccc3)cc2)c1. The fourth-order valence-corrected chi connectivity index (χ4v) is 2.94. The topological polar surface area (TPSA) is 62.7 Å². The molecule has 0 aliphatic heterocycles. The predicted molar refractivity (Wildman–Crippen MR) is 123 cm³/mol. The first-order valence-electron chi connectivity index (χ1n) is 9.98. The first kappa shape index (κ1) is 21.1. The monoisotopic (exact) mass is 401 g/mol. The van der Waals surface area contributed by atoms with E-state index in [-0.39, 0.29) is 12.5 Å². The minimum absolute atomic E-state index is 0.0829. The van der Waals surface area contributed by atoms with Crippen LogP contribution < -0.4 is 15.5 Å². The van der Waals surface area contributed by atoms with Crippen molar-refractivity contribution in [3.05, 3.63) is 89.5 Å². The molecule has 0 aromatic heterocycles. The van der Waals surface area contributed by atoms with Gasteiger partial charge in [-0.05, 0) is 59.9 Å². The number of carbonyl (C=O) groups is 1. The van der Waals surface area contributed by atoms with Gasteiger partial charge in [0.15, 0.2) is 6.61 Å². The third-order valence-electron chi connectivity index (χ3n) is 4.53. The average Bonchev–Trinajstić information content (AvgIpc) is 2.74. The molecule has 1 amide bonds. The van der Waals surface area contributed by atoms with E-state index < -0.39 is 0 Å². The highest BCUT2D eigenvalue weighted by Crippen LogP contribution is 2.27. The number of hydrogen-bond donors (Lipinski definition) is 2. The Bertz CT molecular complexity index is 997. The first-order chi connectivity index (χ1) is 14.5. The lowest BCUT2D eigenvalue weighted by Crippen LogP contribution is -2.25. The summed E-state index contributed by atoms with van der Waals surface area (Å²) in [5.74, 6) is 0.761. The third-order valence-corrected chi connectivity index (χ3v) is 4.53. The number of benzene rings is 3. The predicted octanol–water partition coefficient (Wildman–Crippen LogP) is 5.39. The molecule has 0 saturated heterocycles. The molecule has 2 N–H and O–H groups in total. The largest absolute Gasteiger partial charge is 0.483 e. The van der Waals surface area contributed by atoms with Crippen molar-refractivity contribution in [2.75, 3.05) is 11.9 Å². The molecule has 3 aromatic rings. The van der Waals surface area contributed by atoms with Gasteiger partial charge < -0.3 is 10.1 Å². The summed E-state index contributed by atoms with van der Waals surface area (Å²) in [6, 6.07) is 23.8. The van der Waals surface area contributed by atoms with Gasteiger partial charge in [-0.3, -0.25) is 4.79 Å². The highest BCUT2D eigenvalue weighted by molar-refractivity contribution is 5.83. The van der Waals surface area contributed by atoms with Crippen molar-refractivity contribution in [2.24, 2.45) is 5.10 Å². The zero-order valence-electron chi connectivity index (χ0n) is 17.6. The highest BCUT2D eigenvalue weighted by atomic mass is 16.5. The minimum Gasteiger partial charge on any atom is -0.483 e. The second kappa shape index (κ2) is 10.3. The Morgan fingerprint density at radius 1 is 1.00 bits per heavy atom. The molecule has 3 aromatic carbocycles. The normalized spacial score (nSPS) is 10.9. The second-order valence-electron chi connectivity index (χ2n) is 7.39. The molecule has 0 aliphatic carbocycles. The van der Waals surface area contributed by atoms with Crippen LogP contribution in [0.15, 0.2) is 77.9 Å². The number of carbonyl (C=O) groups excluding carboxylic acids is 1. The number of amides is 1. The number of para-hydroxylation sites is 1. The van der Waals surface area contributed by atoms with Crippen molar-refractivity contribution in [1.82, 2.24) is 5.43 Å². The molecule has 30 heavy (non-hydrogen) atoms. The summed E-state index contributed by atoms with van der Waals surface area (Å²) < 4.78 is 5.72. The molecule has 0 aliphatic rings. The van der Waals surface area contributed by atoms with E-state index in [0.29, 0.717) is 5.92 Å². The number of aryl methyl sites for hydroxylation is 1. The standard InChI is InChI=1S/C25H27N3O2/c1-18(2)23-14-9-19(3)15-24(23)30-17-25(29)28-26-16-20-10-12-22(13-11-20)27-21-7-5-4-6-8-21/h4-16,18,27H,17H2,1-3H3,(H,28,29)/b26-16-. The first-order valence-corrected chi connectivity index (χ1v) is 9.98. The second-order valence-corrected chi connectivity index (χ2v) is 7.39. The average molecular weight is 402 g/mol. The number of hydrogen-bond acceptors (Lipinski definition) is 4. The van der Waals surface area contributed by atoms with Crippen LogP contribution in [0.1, 0.15) is 36.5 Å². The maximum atomic E-state index is 12.1. The Kier molecular flexibility index (Phi) is 7.22. The molecule has 0 unspecified atom stereocenters. The number of ether oxygens (including phenoxy) is 1. The van der Waals surface area contributed by atoms with Gasteiger partial charge in [-0.25, -0.2) is 5.43 Å². The van der Waals surface area contributed by atoms with Crippen molar-refractivity contribution < 1.29 is 9.53 Å². The zero-order chi connectivity index (χ0) is 21.3. The van der Waals surface area contributed by atoms with Gasteiger partial charge in [0.2, 0.25) is 0 Å². The Labute approximate surface area is 177 Å². The van der Waals surface area contributed by atoms with Crippen LogP contribution in [0.3, 0.4) is 0 Å². The van der Waals surface area contributed by atoms with E-state index >= 15 is 0 Å². The molecule has 0 radical (unpaired) electrons. The number of rotatable bonds is 8. The Hall–Kier alpha value is -3.60. The molecule has 0 saturated carbocycles. The van der Waals surface area contributed by atoms with Gasteiger partial charge in [0.25, 0.3) is 5.91 Å². The maximum Gasteiger partial charge on any atom is 0.277 e. The summed E-state index contributed by atoms with van der Waals surface area (Å²) in [6.07, 6.45) is 1.61. The number of nitrogens with zero attached hydrogens (tertiary/aromatic N) is 1. The molecule has 0 heterocycles. The van der Waals surface area contributed by atoms with E-state index in [1.807, 2.05) is 79.7 Å². The van der Waals surface area contributed by atoms with Crippen LogP contribution in [-0.4, -0.2) is 18.7 Å². The van der Waals surface area contributed by atoms with Crippen LogP contribution in [0.2, 0.25) is 0 Å². The molecule has 154 valence electrons. The van der Waals surface area contributed by atoms with E-state index in [1.54, 1.807) is 6.21 Å². The Balaban J connectivity index is 1.49. The third kappa shape index (κ3) is 6.21.